The van der Waals surface area contributed by atoms with Crippen LogP contribution in [-0.2, 0) is 0 Å². The number of para-hydroxylation sites is 8. The molecule has 336 valence electrons. The van der Waals surface area contributed by atoms with E-state index in [1.807, 2.05) is 12.1 Å². The van der Waals surface area contributed by atoms with Crippen LogP contribution >= 0.6 is 0 Å². The van der Waals surface area contributed by atoms with Gasteiger partial charge in [0.1, 0.15) is 23.0 Å². The van der Waals surface area contributed by atoms with Gasteiger partial charge in [-0.25, -0.2) is 9.97 Å². The zero-order valence-corrected chi connectivity index (χ0v) is 39.6. The number of fused-ring (bicyclic) bond motifs is 14. The number of aromatic nitrogens is 6. The van der Waals surface area contributed by atoms with E-state index in [-0.39, 0.29) is 6.71 Å². The highest BCUT2D eigenvalue weighted by Crippen LogP contribution is 2.39. The predicted octanol–water partition coefficient (Wildman–Crippen LogP) is 9.28. The van der Waals surface area contributed by atoms with Crippen molar-refractivity contribution in [2.45, 2.75) is 0 Å². The molecule has 6 heterocycles. The summed E-state index contributed by atoms with van der Waals surface area (Å²) in [6.45, 7) is -0.0221. The number of hydrogen-bond donors (Lipinski definition) is 0. The van der Waals surface area contributed by atoms with Gasteiger partial charge >= 0.3 is 0 Å². The first-order valence-electron chi connectivity index (χ1n) is 24.4. The van der Waals surface area contributed by atoms with Gasteiger partial charge in [-0.05, 0) is 104 Å². The van der Waals surface area contributed by atoms with Gasteiger partial charge in [0.25, 0.3) is 6.71 Å². The maximum Gasteiger partial charge on any atom is 0.260 e. The Morgan fingerprint density at radius 1 is 0.333 bits per heavy atom. The highest BCUT2D eigenvalue weighted by molar-refractivity contribution is 7.20. The van der Waals surface area contributed by atoms with Crippen LogP contribution < -0.4 is 46.6 Å². The molecule has 0 aliphatic carbocycles. The number of hydrogen-bond acceptors (Lipinski definition) is 4. The number of nitrogens with zero attached hydrogens (tertiary/aromatic N) is 6. The Morgan fingerprint density at radius 2 is 0.806 bits per heavy atom. The third-order valence-electron chi connectivity index (χ3n) is 15.2. The molecule has 2 aliphatic heterocycles. The first-order chi connectivity index (χ1) is 35.7. The van der Waals surface area contributed by atoms with Crippen LogP contribution in [-0.4, -0.2) is 42.7 Å². The van der Waals surface area contributed by atoms with Gasteiger partial charge in [0.15, 0.2) is 8.07 Å². The molecular weight excluding hydrogens is 900 g/mol. The van der Waals surface area contributed by atoms with Gasteiger partial charge in [0.05, 0.1) is 49.8 Å². The lowest BCUT2D eigenvalue weighted by Gasteiger charge is -2.35. The van der Waals surface area contributed by atoms with Crippen molar-refractivity contribution in [1.29, 1.82) is 0 Å². The van der Waals surface area contributed by atoms with Crippen molar-refractivity contribution in [3.63, 3.8) is 0 Å². The molecule has 0 amide bonds. The molecule has 14 aromatic rings. The molecule has 0 fully saturated rings. The van der Waals surface area contributed by atoms with Crippen molar-refractivity contribution in [1.82, 2.24) is 27.9 Å². The Morgan fingerprint density at radius 3 is 1.43 bits per heavy atom. The molecule has 0 N–H and O–H groups in total. The predicted molar refractivity (Wildman–Crippen MR) is 294 cm³/mol. The van der Waals surface area contributed by atoms with Gasteiger partial charge in [-0.3, -0.25) is 17.9 Å². The van der Waals surface area contributed by atoms with E-state index < -0.39 is 8.07 Å². The molecule has 0 atom stereocenters. The Hall–Kier alpha value is -9.38. The van der Waals surface area contributed by atoms with E-state index in [1.165, 1.54) is 20.7 Å². The Balaban J connectivity index is 0.964. The van der Waals surface area contributed by atoms with E-state index in [2.05, 4.69) is 242 Å². The standard InChI is InChI=1S/C62H39BN6O2Si/c1-3-19-42(20-4-1)72(43-21-5-2-6-22-43,44-23-17-18-40(36-44)66-52-30-13-14-31-53(52)68-50-28-11-9-26-48(50)64-61(66)68)45-34-35-54-55(39-45)69-51-29-12-10-27-49(51)65-62(69)67(54)41-37-58-60-59(38-41)71-57-33-16-8-25-47(57)63(60)46-24-7-15-32-56(46)70-58/h1-39H. The summed E-state index contributed by atoms with van der Waals surface area (Å²) in [6.07, 6.45) is 0. The summed E-state index contributed by atoms with van der Waals surface area (Å²) < 4.78 is 22.9. The van der Waals surface area contributed by atoms with Crippen molar-refractivity contribution in [2.75, 3.05) is 0 Å². The van der Waals surface area contributed by atoms with Crippen LogP contribution in [0.4, 0.5) is 0 Å². The maximum atomic E-state index is 6.85. The van der Waals surface area contributed by atoms with Crippen molar-refractivity contribution in [2.24, 2.45) is 0 Å². The van der Waals surface area contributed by atoms with Crippen LogP contribution in [0.5, 0.6) is 23.0 Å². The molecule has 8 nitrogen and oxygen atoms in total. The first kappa shape index (κ1) is 39.5. The molecule has 10 aromatic carbocycles. The van der Waals surface area contributed by atoms with E-state index >= 15 is 0 Å². The third-order valence-corrected chi connectivity index (χ3v) is 20.0. The molecule has 2 aliphatic rings. The molecule has 16 rings (SSSR count). The fourth-order valence-electron chi connectivity index (χ4n) is 12.3. The third kappa shape index (κ3) is 5.35. The van der Waals surface area contributed by atoms with Crippen LogP contribution in [0.3, 0.4) is 0 Å². The summed E-state index contributed by atoms with van der Waals surface area (Å²) in [4.78, 5) is 10.7. The second kappa shape index (κ2) is 14.8. The molecule has 72 heavy (non-hydrogen) atoms. The van der Waals surface area contributed by atoms with E-state index in [1.54, 1.807) is 0 Å². The summed E-state index contributed by atoms with van der Waals surface area (Å²) in [6, 6.07) is 85.3. The number of imidazole rings is 4. The molecule has 0 spiro atoms. The number of benzene rings is 10. The van der Waals surface area contributed by atoms with E-state index in [9.17, 15) is 0 Å². The van der Waals surface area contributed by atoms with Gasteiger partial charge in [0, 0.05) is 23.3 Å². The SMILES string of the molecule is c1ccc([Si](c2ccccc2)(c2cccc(-n3c4ccccc4n4c5ccccc5nc34)c2)c2ccc3c(c2)n2c4ccccc4nc2n3-c2cc3c4c(c2)Oc2ccccc2B4c2ccccc2O3)cc1. The summed E-state index contributed by atoms with van der Waals surface area (Å²) in [5.41, 5.74) is 13.6. The molecule has 0 bridgehead atoms. The highest BCUT2D eigenvalue weighted by Gasteiger charge is 2.43. The quantitative estimate of drug-likeness (QED) is 0.123. The number of rotatable bonds is 6. The Labute approximate surface area is 413 Å². The topological polar surface area (TPSA) is 62.9 Å². The lowest BCUT2D eigenvalue weighted by Crippen LogP contribution is -2.74. The zero-order chi connectivity index (χ0) is 47.1. The minimum Gasteiger partial charge on any atom is -0.458 e. The molecule has 0 radical (unpaired) electrons. The second-order valence-electron chi connectivity index (χ2n) is 18.9. The Kier molecular flexibility index (Phi) is 8.12. The largest absolute Gasteiger partial charge is 0.458 e. The van der Waals surface area contributed by atoms with E-state index in [0.29, 0.717) is 0 Å². The Bertz CT molecular complexity index is 4450. The summed E-state index contributed by atoms with van der Waals surface area (Å²) in [5.74, 6) is 4.97. The molecule has 4 aromatic heterocycles. The average Bonchev–Trinajstić information content (AvgIpc) is 4.18. The van der Waals surface area contributed by atoms with Crippen molar-refractivity contribution in [3.05, 3.63) is 237 Å². The van der Waals surface area contributed by atoms with Crippen molar-refractivity contribution >= 4 is 108 Å². The molecule has 10 heteroatoms. The highest BCUT2D eigenvalue weighted by atomic mass is 28.3. The normalized spacial score (nSPS) is 12.9. The number of ether oxygens (including phenoxy) is 2. The van der Waals surface area contributed by atoms with Gasteiger partial charge in [0.2, 0.25) is 11.6 Å². The molecule has 0 saturated carbocycles. The monoisotopic (exact) mass is 938 g/mol. The van der Waals surface area contributed by atoms with E-state index in [0.717, 1.165) is 106 Å². The summed E-state index contributed by atoms with van der Waals surface area (Å²) in [7, 11) is -3.16. The summed E-state index contributed by atoms with van der Waals surface area (Å²) >= 11 is 0. The van der Waals surface area contributed by atoms with Gasteiger partial charge in [-0.2, -0.15) is 0 Å². The smallest absolute Gasteiger partial charge is 0.260 e. The lowest BCUT2D eigenvalue weighted by molar-refractivity contribution is 0.464. The van der Waals surface area contributed by atoms with Crippen LogP contribution in [0.1, 0.15) is 0 Å². The van der Waals surface area contributed by atoms with Gasteiger partial charge in [-0.1, -0.05) is 152 Å². The lowest BCUT2D eigenvalue weighted by atomic mass is 9.35. The van der Waals surface area contributed by atoms with Crippen LogP contribution in [0, 0.1) is 0 Å². The minimum atomic E-state index is -3.16. The minimum absolute atomic E-state index is 0.0221. The van der Waals surface area contributed by atoms with Crippen molar-refractivity contribution in [3.8, 4) is 34.4 Å². The fourth-order valence-corrected chi connectivity index (χ4v) is 17.0. The van der Waals surface area contributed by atoms with Crippen molar-refractivity contribution < 1.29 is 9.47 Å². The van der Waals surface area contributed by atoms with Gasteiger partial charge in [-0.15, -0.1) is 0 Å². The van der Waals surface area contributed by atoms with Crippen LogP contribution in [0.2, 0.25) is 0 Å². The maximum absolute atomic E-state index is 6.85. The molecule has 0 saturated heterocycles. The van der Waals surface area contributed by atoms with Crippen LogP contribution in [0.25, 0.3) is 67.1 Å². The van der Waals surface area contributed by atoms with E-state index in [4.69, 9.17) is 19.4 Å². The van der Waals surface area contributed by atoms with Gasteiger partial charge < -0.3 is 9.47 Å². The fraction of sp³-hybridized carbons (Fsp3) is 0. The zero-order valence-electron chi connectivity index (χ0n) is 38.6. The van der Waals surface area contributed by atoms with Crippen LogP contribution in [0.15, 0.2) is 237 Å². The molecular formula is C62H39BN6O2Si. The second-order valence-corrected chi connectivity index (χ2v) is 22.7. The molecule has 0 unspecified atom stereocenters. The summed E-state index contributed by atoms with van der Waals surface area (Å²) in [5, 5.41) is 5.07. The first-order valence-corrected chi connectivity index (χ1v) is 26.4. The average molecular weight is 939 g/mol.